The molecule has 0 aromatic carbocycles. The van der Waals surface area contributed by atoms with Crippen molar-refractivity contribution in [2.45, 2.75) is 45.4 Å². The van der Waals surface area contributed by atoms with Gasteiger partial charge in [-0.3, -0.25) is 0 Å². The molecule has 124 valence electrons. The van der Waals surface area contributed by atoms with Gasteiger partial charge in [0.15, 0.2) is 0 Å². The Morgan fingerprint density at radius 2 is 2.18 bits per heavy atom. The van der Waals surface area contributed by atoms with Crippen LogP contribution < -0.4 is 5.32 Å². The van der Waals surface area contributed by atoms with E-state index in [0.29, 0.717) is 18.2 Å². The molecule has 0 bridgehead atoms. The van der Waals surface area contributed by atoms with Gasteiger partial charge in [-0.25, -0.2) is 4.79 Å². The van der Waals surface area contributed by atoms with Crippen LogP contribution in [0.3, 0.4) is 0 Å². The van der Waals surface area contributed by atoms with Crippen LogP contribution in [0.5, 0.6) is 0 Å². The van der Waals surface area contributed by atoms with Crippen LogP contribution >= 0.6 is 23.5 Å². The molecule has 1 aliphatic heterocycles. The third-order valence-corrected chi connectivity index (χ3v) is 6.24. The van der Waals surface area contributed by atoms with Crippen molar-refractivity contribution in [3.8, 4) is 0 Å². The van der Waals surface area contributed by atoms with Crippen LogP contribution in [0.15, 0.2) is 21.6 Å². The van der Waals surface area contributed by atoms with E-state index in [0.717, 1.165) is 18.7 Å². The third-order valence-electron chi connectivity index (χ3n) is 4.14. The molecule has 1 saturated carbocycles. The van der Waals surface area contributed by atoms with Gasteiger partial charge in [-0.05, 0) is 43.3 Å². The summed E-state index contributed by atoms with van der Waals surface area (Å²) < 4.78 is 5.29. The monoisotopic (exact) mass is 341 g/mol. The summed E-state index contributed by atoms with van der Waals surface area (Å²) in [6, 6.07) is 0. The summed E-state index contributed by atoms with van der Waals surface area (Å²) in [6.45, 7) is 3.04. The summed E-state index contributed by atoms with van der Waals surface area (Å²) in [5.41, 5.74) is 0.703. The highest BCUT2D eigenvalue weighted by atomic mass is 32.2. The molecule has 0 unspecified atom stereocenters. The Bertz CT molecular complexity index is 440. The Hall–Kier alpha value is -0.550. The van der Waals surface area contributed by atoms with Crippen molar-refractivity contribution < 1.29 is 9.53 Å². The second kappa shape index (κ2) is 9.56. The van der Waals surface area contributed by atoms with Gasteiger partial charge in [-0.1, -0.05) is 25.3 Å². The lowest BCUT2D eigenvalue weighted by atomic mass is 9.88. The fourth-order valence-corrected chi connectivity index (χ4v) is 4.90. The molecule has 1 aliphatic carbocycles. The molecule has 0 aromatic rings. The number of carbonyl (C=O) groups is 1. The molecule has 0 atom stereocenters. The van der Waals surface area contributed by atoms with E-state index in [2.05, 4.69) is 17.6 Å². The molecule has 1 heterocycles. The summed E-state index contributed by atoms with van der Waals surface area (Å²) in [6.07, 6.45) is 11.7. The van der Waals surface area contributed by atoms with Crippen molar-refractivity contribution in [1.82, 2.24) is 5.32 Å². The smallest absolute Gasteiger partial charge is 0.355 e. The second-order valence-corrected chi connectivity index (χ2v) is 7.73. The third kappa shape index (κ3) is 4.98. The van der Waals surface area contributed by atoms with Gasteiger partial charge in [-0.2, -0.15) is 0 Å². The number of carbonyl (C=O) groups excluding carboxylic acids is 1. The van der Waals surface area contributed by atoms with E-state index in [4.69, 9.17) is 4.74 Å². The maximum absolute atomic E-state index is 12.4. The number of esters is 1. The van der Waals surface area contributed by atoms with Crippen LogP contribution in [0.25, 0.3) is 0 Å². The first-order valence-corrected chi connectivity index (χ1v) is 10.5. The van der Waals surface area contributed by atoms with Crippen molar-refractivity contribution in [2.75, 3.05) is 25.2 Å². The van der Waals surface area contributed by atoms with Crippen LogP contribution in [-0.4, -0.2) is 31.1 Å². The van der Waals surface area contributed by atoms with Crippen LogP contribution in [0.2, 0.25) is 0 Å². The normalized spacial score (nSPS) is 20.4. The molecule has 0 amide bonds. The summed E-state index contributed by atoms with van der Waals surface area (Å²) in [5, 5.41) is 3.39. The van der Waals surface area contributed by atoms with Gasteiger partial charge in [0.2, 0.25) is 0 Å². The average molecular weight is 342 g/mol. The minimum absolute atomic E-state index is 0.193. The number of ether oxygens (including phenoxy) is 1. The molecular formula is C17H27NO2S2. The highest BCUT2D eigenvalue weighted by Crippen LogP contribution is 2.36. The molecule has 1 fully saturated rings. The Morgan fingerprint density at radius 1 is 1.41 bits per heavy atom. The number of allylic oxidation sites excluding steroid dienone is 2. The quantitative estimate of drug-likeness (QED) is 0.551. The molecule has 3 nitrogen and oxygen atoms in total. The first kappa shape index (κ1) is 17.8. The minimum atomic E-state index is -0.193. The highest BCUT2D eigenvalue weighted by Gasteiger charge is 2.25. The number of thioether (sulfide) groups is 2. The lowest BCUT2D eigenvalue weighted by Gasteiger charge is -2.26. The van der Waals surface area contributed by atoms with Crippen molar-refractivity contribution in [3.63, 3.8) is 0 Å². The number of hydrogen-bond acceptors (Lipinski definition) is 5. The second-order valence-electron chi connectivity index (χ2n) is 5.66. The van der Waals surface area contributed by atoms with E-state index in [1.165, 1.54) is 41.9 Å². The maximum Gasteiger partial charge on any atom is 0.355 e. The zero-order valence-corrected chi connectivity index (χ0v) is 15.3. The molecule has 0 spiro atoms. The van der Waals surface area contributed by atoms with Gasteiger partial charge in [0, 0.05) is 17.2 Å². The predicted molar refractivity (Wildman–Crippen MR) is 96.9 cm³/mol. The van der Waals surface area contributed by atoms with Crippen LogP contribution in [0.4, 0.5) is 0 Å². The molecular weight excluding hydrogens is 314 g/mol. The Balaban J connectivity index is 2.14. The van der Waals surface area contributed by atoms with Gasteiger partial charge in [0.05, 0.1) is 6.61 Å². The van der Waals surface area contributed by atoms with E-state index in [1.807, 2.05) is 18.7 Å². The van der Waals surface area contributed by atoms with Crippen molar-refractivity contribution in [2.24, 2.45) is 5.92 Å². The summed E-state index contributed by atoms with van der Waals surface area (Å²) in [5.74, 6) is 1.48. The largest absolute Gasteiger partial charge is 0.461 e. The van der Waals surface area contributed by atoms with Gasteiger partial charge < -0.3 is 10.1 Å². The van der Waals surface area contributed by atoms with E-state index in [9.17, 15) is 4.79 Å². The average Bonchev–Trinajstić information content (AvgIpc) is 3.06. The molecule has 1 N–H and O–H groups in total. The first-order chi connectivity index (χ1) is 10.8. The summed E-state index contributed by atoms with van der Waals surface area (Å²) in [7, 11) is 0. The lowest BCUT2D eigenvalue weighted by molar-refractivity contribution is -0.139. The van der Waals surface area contributed by atoms with Crippen molar-refractivity contribution >= 4 is 29.5 Å². The molecule has 22 heavy (non-hydrogen) atoms. The fourth-order valence-electron chi connectivity index (χ4n) is 3.07. The van der Waals surface area contributed by atoms with Crippen LogP contribution in [-0.2, 0) is 9.53 Å². The Kier molecular flexibility index (Phi) is 7.73. The van der Waals surface area contributed by atoms with Gasteiger partial charge in [0.1, 0.15) is 5.70 Å². The minimum Gasteiger partial charge on any atom is -0.461 e. The van der Waals surface area contributed by atoms with E-state index in [1.54, 1.807) is 11.8 Å². The van der Waals surface area contributed by atoms with Crippen molar-refractivity contribution in [3.05, 3.63) is 21.6 Å². The first-order valence-electron chi connectivity index (χ1n) is 8.27. The standard InChI is InChI=1S/C17H27NO2S2/c1-3-20-17(19)15(18-12-14-10-7-11-22-14)16(21-2)13-8-5-4-6-9-13/h10,13,18H,3-9,11-12H2,1-2H3/b16-15-. The van der Waals surface area contributed by atoms with E-state index in [-0.39, 0.29) is 5.97 Å². The van der Waals surface area contributed by atoms with Crippen LogP contribution in [0, 0.1) is 5.92 Å². The Labute approximate surface area is 142 Å². The summed E-state index contributed by atoms with van der Waals surface area (Å²) >= 11 is 3.59. The molecule has 0 radical (unpaired) electrons. The zero-order valence-electron chi connectivity index (χ0n) is 13.7. The van der Waals surface area contributed by atoms with Crippen molar-refractivity contribution in [1.29, 1.82) is 0 Å². The van der Waals surface area contributed by atoms with E-state index >= 15 is 0 Å². The SMILES string of the molecule is CCOC(=O)/C(NCC1=CCCS1)=C(/SC)C1CCCCC1. The van der Waals surface area contributed by atoms with Gasteiger partial charge >= 0.3 is 5.97 Å². The summed E-state index contributed by atoms with van der Waals surface area (Å²) in [4.78, 5) is 14.9. The topological polar surface area (TPSA) is 38.3 Å². The van der Waals surface area contributed by atoms with E-state index < -0.39 is 0 Å². The lowest BCUT2D eigenvalue weighted by Crippen LogP contribution is -2.27. The highest BCUT2D eigenvalue weighted by molar-refractivity contribution is 8.03. The zero-order chi connectivity index (χ0) is 15.8. The molecule has 0 saturated heterocycles. The fraction of sp³-hybridized carbons (Fsp3) is 0.706. The molecule has 2 rings (SSSR count). The van der Waals surface area contributed by atoms with Gasteiger partial charge in [-0.15, -0.1) is 23.5 Å². The molecule has 5 heteroatoms. The van der Waals surface area contributed by atoms with Crippen LogP contribution in [0.1, 0.15) is 45.4 Å². The Morgan fingerprint density at radius 3 is 2.77 bits per heavy atom. The predicted octanol–water partition coefficient (Wildman–Crippen LogP) is 4.31. The number of nitrogens with one attached hydrogen (secondary N) is 1. The number of rotatable bonds is 7. The maximum atomic E-state index is 12.4. The van der Waals surface area contributed by atoms with Gasteiger partial charge in [0.25, 0.3) is 0 Å². The molecule has 0 aromatic heterocycles. The molecule has 2 aliphatic rings. The number of hydrogen-bond donors (Lipinski definition) is 1.